The van der Waals surface area contributed by atoms with Gasteiger partial charge >= 0.3 is 0 Å². The molecule has 1 nitrogen and oxygen atoms in total. The molecule has 1 saturated heterocycles. The zero-order valence-corrected chi connectivity index (χ0v) is 9.34. The molecule has 1 aromatic rings. The van der Waals surface area contributed by atoms with Crippen LogP contribution < -0.4 is 5.32 Å². The van der Waals surface area contributed by atoms with Crippen molar-refractivity contribution in [2.75, 3.05) is 6.54 Å². The first kappa shape index (κ1) is 9.40. The average molecular weight is 291 g/mol. The van der Waals surface area contributed by atoms with E-state index in [4.69, 9.17) is 0 Å². The topological polar surface area (TPSA) is 12.0 Å². The van der Waals surface area contributed by atoms with Gasteiger partial charge in [0.25, 0.3) is 0 Å². The molecule has 1 N–H and O–H groups in total. The van der Waals surface area contributed by atoms with Gasteiger partial charge in [-0.15, -0.1) is 0 Å². The van der Waals surface area contributed by atoms with Crippen molar-refractivity contribution in [1.29, 1.82) is 0 Å². The van der Waals surface area contributed by atoms with Gasteiger partial charge in [0, 0.05) is 9.61 Å². The van der Waals surface area contributed by atoms with Crippen molar-refractivity contribution in [3.8, 4) is 0 Å². The van der Waals surface area contributed by atoms with E-state index < -0.39 is 0 Å². The van der Waals surface area contributed by atoms with Crippen LogP contribution in [0.2, 0.25) is 0 Å². The molecule has 0 unspecified atom stereocenters. The maximum absolute atomic E-state index is 13.0. The maximum atomic E-state index is 13.0. The summed E-state index contributed by atoms with van der Waals surface area (Å²) in [5, 5.41) is 3.39. The van der Waals surface area contributed by atoms with Crippen molar-refractivity contribution in [2.45, 2.75) is 18.9 Å². The Morgan fingerprint density at radius 2 is 2.31 bits per heavy atom. The summed E-state index contributed by atoms with van der Waals surface area (Å²) in [4.78, 5) is 0. The molecule has 1 aliphatic heterocycles. The van der Waals surface area contributed by atoms with Gasteiger partial charge in [-0.25, -0.2) is 4.39 Å². The molecule has 3 heteroatoms. The Kier molecular flexibility index (Phi) is 2.83. The molecule has 1 atom stereocenters. The van der Waals surface area contributed by atoms with Crippen LogP contribution in [0, 0.1) is 9.39 Å². The van der Waals surface area contributed by atoms with Crippen molar-refractivity contribution in [3.63, 3.8) is 0 Å². The minimum atomic E-state index is -0.123. The van der Waals surface area contributed by atoms with Gasteiger partial charge in [0.15, 0.2) is 0 Å². The molecule has 0 spiro atoms. The molecule has 1 aliphatic rings. The average Bonchev–Trinajstić information content (AvgIpc) is 2.62. The second kappa shape index (κ2) is 3.92. The predicted octanol–water partition coefficient (Wildman–Crippen LogP) is 2.85. The van der Waals surface area contributed by atoms with Crippen LogP contribution in [-0.4, -0.2) is 6.54 Å². The zero-order valence-electron chi connectivity index (χ0n) is 7.19. The Morgan fingerprint density at radius 3 is 2.92 bits per heavy atom. The van der Waals surface area contributed by atoms with Crippen molar-refractivity contribution in [3.05, 3.63) is 33.1 Å². The summed E-state index contributed by atoms with van der Waals surface area (Å²) in [7, 11) is 0. The molecule has 0 amide bonds. The molecule has 0 radical (unpaired) electrons. The van der Waals surface area contributed by atoms with Gasteiger partial charge in [0.2, 0.25) is 0 Å². The van der Waals surface area contributed by atoms with Crippen LogP contribution >= 0.6 is 22.6 Å². The molecule has 0 bridgehead atoms. The number of benzene rings is 1. The van der Waals surface area contributed by atoms with Gasteiger partial charge in [-0.2, -0.15) is 0 Å². The van der Waals surface area contributed by atoms with Crippen molar-refractivity contribution < 1.29 is 4.39 Å². The molecule has 0 aromatic heterocycles. The second-order valence-corrected chi connectivity index (χ2v) is 4.48. The quantitative estimate of drug-likeness (QED) is 0.785. The van der Waals surface area contributed by atoms with Crippen LogP contribution in [0.5, 0.6) is 0 Å². The lowest BCUT2D eigenvalue weighted by atomic mass is 10.1. The standard InChI is InChI=1S/C10H11FIN/c11-8-4-3-7(6-9(8)12)10-2-1-5-13-10/h3-4,6,10,13H,1-2,5H2/t10-/m1/s1. The van der Waals surface area contributed by atoms with Crippen LogP contribution in [0.25, 0.3) is 0 Å². The van der Waals surface area contributed by atoms with Gasteiger partial charge in [-0.1, -0.05) is 6.07 Å². The summed E-state index contributed by atoms with van der Waals surface area (Å²) in [5.41, 5.74) is 1.21. The monoisotopic (exact) mass is 291 g/mol. The van der Waals surface area contributed by atoms with E-state index >= 15 is 0 Å². The number of halogens is 2. The zero-order chi connectivity index (χ0) is 9.26. The third-order valence-corrected chi connectivity index (χ3v) is 3.23. The molecule has 0 aliphatic carbocycles. The number of hydrogen-bond donors (Lipinski definition) is 1. The lowest BCUT2D eigenvalue weighted by Gasteiger charge is -2.10. The summed E-state index contributed by atoms with van der Waals surface area (Å²) in [5.74, 6) is -0.123. The first-order valence-electron chi connectivity index (χ1n) is 4.46. The summed E-state index contributed by atoms with van der Waals surface area (Å²) in [6, 6.07) is 5.80. The number of rotatable bonds is 1. The SMILES string of the molecule is Fc1ccc([C@H]2CCCN2)cc1I. The molecule has 70 valence electrons. The van der Waals surface area contributed by atoms with Crippen LogP contribution in [0.15, 0.2) is 18.2 Å². The van der Waals surface area contributed by atoms with E-state index in [9.17, 15) is 4.39 Å². The highest BCUT2D eigenvalue weighted by Gasteiger charge is 2.16. The number of nitrogens with one attached hydrogen (secondary N) is 1. The van der Waals surface area contributed by atoms with E-state index in [0.717, 1.165) is 6.54 Å². The molecule has 0 saturated carbocycles. The van der Waals surface area contributed by atoms with Crippen LogP contribution in [0.1, 0.15) is 24.4 Å². The summed E-state index contributed by atoms with van der Waals surface area (Å²) < 4.78 is 13.7. The summed E-state index contributed by atoms with van der Waals surface area (Å²) in [6.45, 7) is 1.08. The van der Waals surface area contributed by atoms with E-state index in [2.05, 4.69) is 5.32 Å². The van der Waals surface area contributed by atoms with E-state index in [1.54, 1.807) is 6.07 Å². The van der Waals surface area contributed by atoms with Gasteiger partial charge in [-0.05, 0) is 59.7 Å². The maximum Gasteiger partial charge on any atom is 0.136 e. The predicted molar refractivity (Wildman–Crippen MR) is 59.1 cm³/mol. The lowest BCUT2D eigenvalue weighted by Crippen LogP contribution is -2.12. The van der Waals surface area contributed by atoms with Gasteiger partial charge < -0.3 is 5.32 Å². The first-order valence-corrected chi connectivity index (χ1v) is 5.53. The lowest BCUT2D eigenvalue weighted by molar-refractivity contribution is 0.610. The highest BCUT2D eigenvalue weighted by molar-refractivity contribution is 14.1. The Hall–Kier alpha value is -0.160. The van der Waals surface area contributed by atoms with E-state index in [-0.39, 0.29) is 5.82 Å². The highest BCUT2D eigenvalue weighted by Crippen LogP contribution is 2.25. The molecule has 1 heterocycles. The smallest absolute Gasteiger partial charge is 0.136 e. The van der Waals surface area contributed by atoms with E-state index in [0.29, 0.717) is 9.61 Å². The Bertz CT molecular complexity index is 308. The van der Waals surface area contributed by atoms with Gasteiger partial charge in [-0.3, -0.25) is 0 Å². The Balaban J connectivity index is 2.25. The molecule has 13 heavy (non-hydrogen) atoms. The van der Waals surface area contributed by atoms with Crippen molar-refractivity contribution in [2.24, 2.45) is 0 Å². The largest absolute Gasteiger partial charge is 0.310 e. The first-order chi connectivity index (χ1) is 6.27. The molecular formula is C10H11FIN. The fourth-order valence-corrected chi connectivity index (χ4v) is 2.24. The van der Waals surface area contributed by atoms with Crippen molar-refractivity contribution >= 4 is 22.6 Å². The second-order valence-electron chi connectivity index (χ2n) is 3.32. The van der Waals surface area contributed by atoms with Gasteiger partial charge in [0.1, 0.15) is 5.82 Å². The summed E-state index contributed by atoms with van der Waals surface area (Å²) in [6.07, 6.45) is 2.39. The van der Waals surface area contributed by atoms with Crippen molar-refractivity contribution in [1.82, 2.24) is 5.32 Å². The molecule has 1 aromatic carbocycles. The fourth-order valence-electron chi connectivity index (χ4n) is 1.70. The van der Waals surface area contributed by atoms with Crippen LogP contribution in [0.4, 0.5) is 4.39 Å². The van der Waals surface area contributed by atoms with E-state index in [1.165, 1.54) is 18.4 Å². The Labute approximate surface area is 90.9 Å². The third kappa shape index (κ3) is 2.02. The minimum Gasteiger partial charge on any atom is -0.310 e. The summed E-state index contributed by atoms with van der Waals surface area (Å²) >= 11 is 2.03. The Morgan fingerprint density at radius 1 is 1.46 bits per heavy atom. The highest BCUT2D eigenvalue weighted by atomic mass is 127. The fraction of sp³-hybridized carbons (Fsp3) is 0.400. The normalized spacial score (nSPS) is 22.2. The molecule has 1 fully saturated rings. The van der Waals surface area contributed by atoms with E-state index in [1.807, 2.05) is 34.7 Å². The third-order valence-electron chi connectivity index (χ3n) is 2.41. The molecule has 2 rings (SSSR count). The molecular weight excluding hydrogens is 280 g/mol. The van der Waals surface area contributed by atoms with Gasteiger partial charge in [0.05, 0.1) is 0 Å². The van der Waals surface area contributed by atoms with Crippen LogP contribution in [-0.2, 0) is 0 Å². The number of hydrogen-bond acceptors (Lipinski definition) is 1. The minimum absolute atomic E-state index is 0.123. The van der Waals surface area contributed by atoms with Crippen LogP contribution in [0.3, 0.4) is 0 Å².